The van der Waals surface area contributed by atoms with Gasteiger partial charge >= 0.3 is 6.09 Å². The van der Waals surface area contributed by atoms with Crippen LogP contribution >= 0.6 is 0 Å². The second kappa shape index (κ2) is 10.1. The van der Waals surface area contributed by atoms with Crippen LogP contribution in [0.1, 0.15) is 56.1 Å². The Balaban J connectivity index is 1.55. The highest BCUT2D eigenvalue weighted by molar-refractivity contribution is 5.97. The highest BCUT2D eigenvalue weighted by atomic mass is 16.6. The van der Waals surface area contributed by atoms with Crippen LogP contribution in [0.15, 0.2) is 53.4 Å². The molecule has 8 heteroatoms. The Morgan fingerprint density at radius 1 is 1.09 bits per heavy atom. The van der Waals surface area contributed by atoms with E-state index in [4.69, 9.17) is 9.15 Å². The third-order valence-corrected chi connectivity index (χ3v) is 5.50. The summed E-state index contributed by atoms with van der Waals surface area (Å²) < 4.78 is 10.9. The van der Waals surface area contributed by atoms with E-state index in [0.717, 1.165) is 37.3 Å². The van der Waals surface area contributed by atoms with E-state index in [-0.39, 0.29) is 17.9 Å². The first-order chi connectivity index (χ1) is 16.3. The number of rotatable bonds is 6. The predicted octanol–water partition coefficient (Wildman–Crippen LogP) is 5.50. The van der Waals surface area contributed by atoms with Crippen molar-refractivity contribution in [1.82, 2.24) is 9.97 Å². The second-order valence-corrected chi connectivity index (χ2v) is 9.38. The van der Waals surface area contributed by atoms with E-state index in [1.165, 1.54) is 12.6 Å². The molecule has 4 rings (SSSR count). The summed E-state index contributed by atoms with van der Waals surface area (Å²) in [5.41, 5.74) is 1.57. The lowest BCUT2D eigenvalue weighted by Gasteiger charge is -2.27. The molecule has 8 nitrogen and oxygen atoms in total. The van der Waals surface area contributed by atoms with Crippen molar-refractivity contribution in [3.8, 4) is 11.3 Å². The van der Waals surface area contributed by atoms with E-state index >= 15 is 0 Å². The first-order valence-electron chi connectivity index (χ1n) is 11.6. The number of hydrogen-bond donors (Lipinski definition) is 1. The highest BCUT2D eigenvalue weighted by Gasteiger charge is 2.20. The molecule has 178 valence electrons. The summed E-state index contributed by atoms with van der Waals surface area (Å²) in [6, 6.07) is 9.04. The summed E-state index contributed by atoms with van der Waals surface area (Å²) in [5, 5.41) is 2.76. The van der Waals surface area contributed by atoms with Crippen LogP contribution in [0.5, 0.6) is 0 Å². The van der Waals surface area contributed by atoms with Gasteiger partial charge in [0.2, 0.25) is 0 Å². The summed E-state index contributed by atoms with van der Waals surface area (Å²) in [7, 11) is 0. The first kappa shape index (κ1) is 23.5. The van der Waals surface area contributed by atoms with Gasteiger partial charge < -0.3 is 14.1 Å². The van der Waals surface area contributed by atoms with E-state index in [0.29, 0.717) is 17.0 Å². The van der Waals surface area contributed by atoms with Crippen LogP contribution in [0.2, 0.25) is 0 Å². The van der Waals surface area contributed by atoms with Gasteiger partial charge in [-0.05, 0) is 75.9 Å². The van der Waals surface area contributed by atoms with Gasteiger partial charge in [0.25, 0.3) is 0 Å². The molecule has 1 fully saturated rings. The zero-order valence-corrected chi connectivity index (χ0v) is 19.8. The largest absolute Gasteiger partial charge is 0.464 e. The monoisotopic (exact) mass is 462 g/mol. The van der Waals surface area contributed by atoms with Crippen LogP contribution in [0.4, 0.5) is 16.3 Å². The fourth-order valence-corrected chi connectivity index (χ4v) is 3.89. The Morgan fingerprint density at radius 2 is 1.88 bits per heavy atom. The third-order valence-electron chi connectivity index (χ3n) is 5.50. The Bertz CT molecular complexity index is 1130. The van der Waals surface area contributed by atoms with Gasteiger partial charge in [0, 0.05) is 30.8 Å². The van der Waals surface area contributed by atoms with Crippen molar-refractivity contribution >= 4 is 23.4 Å². The molecule has 1 amide bonds. The number of benzene rings is 1. The van der Waals surface area contributed by atoms with Gasteiger partial charge in [0.05, 0.1) is 18.7 Å². The van der Waals surface area contributed by atoms with Crippen LogP contribution in [-0.2, 0) is 11.2 Å². The number of Topliss-reactive ketones (excluding diaryl/α,β-unsaturated/α-hetero) is 1. The van der Waals surface area contributed by atoms with Gasteiger partial charge in [-0.15, -0.1) is 0 Å². The van der Waals surface area contributed by atoms with E-state index in [2.05, 4.69) is 20.2 Å². The highest BCUT2D eigenvalue weighted by Crippen LogP contribution is 2.27. The minimum atomic E-state index is -0.639. The molecule has 0 aliphatic carbocycles. The van der Waals surface area contributed by atoms with Gasteiger partial charge in [0.15, 0.2) is 5.78 Å². The van der Waals surface area contributed by atoms with E-state index in [9.17, 15) is 9.59 Å². The number of nitrogens with one attached hydrogen (secondary N) is 1. The third kappa shape index (κ3) is 6.01. The number of furan rings is 1. The molecule has 2 aromatic heterocycles. The molecule has 0 radical (unpaired) electrons. The molecular formula is C26H30N4O4. The lowest BCUT2D eigenvalue weighted by atomic mass is 10.0. The number of carbonyl (C=O) groups is 2. The maximum atomic E-state index is 13.1. The van der Waals surface area contributed by atoms with Gasteiger partial charge in [-0.25, -0.2) is 14.8 Å². The zero-order valence-electron chi connectivity index (χ0n) is 19.8. The van der Waals surface area contributed by atoms with Gasteiger partial charge in [-0.2, -0.15) is 0 Å². The zero-order chi connectivity index (χ0) is 24.1. The molecule has 1 aromatic carbocycles. The molecule has 0 spiro atoms. The Hall–Kier alpha value is -3.68. The van der Waals surface area contributed by atoms with Crippen molar-refractivity contribution in [2.24, 2.45) is 0 Å². The molecular weight excluding hydrogens is 432 g/mol. The number of piperidine rings is 1. The molecule has 0 saturated carbocycles. The number of ketones is 1. The van der Waals surface area contributed by atoms with Crippen LogP contribution in [-0.4, -0.2) is 40.5 Å². The number of hydrogen-bond acceptors (Lipinski definition) is 7. The summed E-state index contributed by atoms with van der Waals surface area (Å²) in [6.45, 7) is 7.30. The van der Waals surface area contributed by atoms with E-state index in [1.54, 1.807) is 45.4 Å². The van der Waals surface area contributed by atoms with Gasteiger partial charge in [0.1, 0.15) is 22.9 Å². The Labute approximate surface area is 199 Å². The molecule has 1 aliphatic rings. The smallest absolute Gasteiger partial charge is 0.412 e. The van der Waals surface area contributed by atoms with Crippen molar-refractivity contribution in [3.63, 3.8) is 0 Å². The van der Waals surface area contributed by atoms with E-state index < -0.39 is 11.7 Å². The average molecular weight is 463 g/mol. The molecule has 1 N–H and O–H groups in total. The van der Waals surface area contributed by atoms with Crippen molar-refractivity contribution in [2.45, 2.75) is 52.1 Å². The number of ether oxygens (including phenoxy) is 1. The summed E-state index contributed by atoms with van der Waals surface area (Å²) in [4.78, 5) is 36.5. The predicted molar refractivity (Wildman–Crippen MR) is 130 cm³/mol. The minimum absolute atomic E-state index is 0.0391. The average Bonchev–Trinajstić information content (AvgIpc) is 3.35. The topological polar surface area (TPSA) is 97.6 Å². The Morgan fingerprint density at radius 3 is 2.53 bits per heavy atom. The number of amides is 1. The maximum Gasteiger partial charge on any atom is 0.412 e. The fourth-order valence-electron chi connectivity index (χ4n) is 3.89. The quantitative estimate of drug-likeness (QED) is 0.483. The van der Waals surface area contributed by atoms with Crippen molar-refractivity contribution in [1.29, 1.82) is 0 Å². The fraction of sp³-hybridized carbons (Fsp3) is 0.385. The lowest BCUT2D eigenvalue weighted by Crippen LogP contribution is -2.30. The van der Waals surface area contributed by atoms with Crippen molar-refractivity contribution < 1.29 is 18.7 Å². The second-order valence-electron chi connectivity index (χ2n) is 9.38. The molecule has 3 aromatic rings. The van der Waals surface area contributed by atoms with Gasteiger partial charge in [-0.3, -0.25) is 10.1 Å². The standard InChI is InChI=1S/C26H30N4O4/c1-26(2,3)34-25(32)29-20-10-9-18(23-8-7-13-33-23)14-19(20)15-22(31)21-16-28-24(17-27-21)30-11-5-4-6-12-30/h7-10,13-14,16-17H,4-6,11-12,15H2,1-3H3,(H,29,32). The molecule has 3 heterocycles. The van der Waals surface area contributed by atoms with Crippen LogP contribution < -0.4 is 10.2 Å². The van der Waals surface area contributed by atoms with Crippen molar-refractivity contribution in [3.05, 3.63) is 60.2 Å². The summed E-state index contributed by atoms with van der Waals surface area (Å²) >= 11 is 0. The number of anilines is 2. The number of aromatic nitrogens is 2. The normalized spacial score (nSPS) is 14.0. The lowest BCUT2D eigenvalue weighted by molar-refractivity contribution is 0.0635. The maximum absolute atomic E-state index is 13.1. The Kier molecular flexibility index (Phi) is 6.95. The first-order valence-corrected chi connectivity index (χ1v) is 11.6. The van der Waals surface area contributed by atoms with Crippen molar-refractivity contribution in [2.75, 3.05) is 23.3 Å². The minimum Gasteiger partial charge on any atom is -0.464 e. The molecule has 1 saturated heterocycles. The van der Waals surface area contributed by atoms with Crippen LogP contribution in [0.3, 0.4) is 0 Å². The number of carbonyl (C=O) groups excluding carboxylic acids is 2. The van der Waals surface area contributed by atoms with Crippen LogP contribution in [0, 0.1) is 0 Å². The molecule has 0 bridgehead atoms. The SMILES string of the molecule is CC(C)(C)OC(=O)Nc1ccc(-c2ccco2)cc1CC(=O)c1cnc(N2CCCCC2)cn1. The molecule has 1 aliphatic heterocycles. The van der Waals surface area contributed by atoms with Gasteiger partial charge in [-0.1, -0.05) is 0 Å². The number of nitrogens with zero attached hydrogens (tertiary/aromatic N) is 3. The molecule has 0 atom stereocenters. The molecule has 34 heavy (non-hydrogen) atoms. The summed E-state index contributed by atoms with van der Waals surface area (Å²) in [5.74, 6) is 1.27. The summed E-state index contributed by atoms with van der Waals surface area (Å²) in [6.07, 6.45) is 7.75. The van der Waals surface area contributed by atoms with Crippen LogP contribution in [0.25, 0.3) is 11.3 Å². The van der Waals surface area contributed by atoms with E-state index in [1.807, 2.05) is 18.2 Å². The molecule has 0 unspecified atom stereocenters.